The highest BCUT2D eigenvalue weighted by atomic mass is 35.5. The zero-order valence-corrected chi connectivity index (χ0v) is 9.15. The van der Waals surface area contributed by atoms with Crippen LogP contribution in [0.2, 0.25) is 5.15 Å². The fourth-order valence-corrected chi connectivity index (χ4v) is 1.95. The van der Waals surface area contributed by atoms with Crippen LogP contribution in [0.1, 0.15) is 25.7 Å². The number of rotatable bonds is 2. The minimum Gasteiger partial charge on any atom is -0.472 e. The van der Waals surface area contributed by atoms with E-state index in [-0.39, 0.29) is 12.1 Å². The maximum atomic E-state index is 5.96. The Balaban J connectivity index is 2.01. The fraction of sp³-hybridized carbons (Fsp3) is 0.600. The maximum absolute atomic E-state index is 5.96. The van der Waals surface area contributed by atoms with E-state index in [1.54, 1.807) is 6.20 Å². The highest BCUT2D eigenvalue weighted by Crippen LogP contribution is 2.21. The monoisotopic (exact) mass is 227 g/mol. The third-order valence-corrected chi connectivity index (χ3v) is 2.79. The summed E-state index contributed by atoms with van der Waals surface area (Å²) >= 11 is 5.71. The first-order chi connectivity index (χ1) is 7.25. The number of nitrogens with zero attached hydrogens (tertiary/aromatic N) is 2. The molecule has 1 fully saturated rings. The van der Waals surface area contributed by atoms with Gasteiger partial charge in [-0.05, 0) is 19.3 Å². The van der Waals surface area contributed by atoms with Gasteiger partial charge in [0.2, 0.25) is 5.88 Å². The summed E-state index contributed by atoms with van der Waals surface area (Å²) in [6.07, 6.45) is 7.43. The molecule has 0 aromatic carbocycles. The van der Waals surface area contributed by atoms with Crippen molar-refractivity contribution in [3.05, 3.63) is 17.5 Å². The van der Waals surface area contributed by atoms with Crippen molar-refractivity contribution < 1.29 is 4.74 Å². The molecule has 1 aliphatic carbocycles. The molecule has 0 aliphatic heterocycles. The molecule has 0 saturated heterocycles. The molecule has 0 radical (unpaired) electrons. The number of aromatic nitrogens is 2. The second-order valence-electron chi connectivity index (χ2n) is 3.78. The number of nitrogens with two attached hydrogens (primary N) is 1. The van der Waals surface area contributed by atoms with Gasteiger partial charge in [0.1, 0.15) is 6.10 Å². The van der Waals surface area contributed by atoms with E-state index in [0.717, 1.165) is 19.3 Å². The average Bonchev–Trinajstić information content (AvgIpc) is 2.22. The lowest BCUT2D eigenvalue weighted by atomic mass is 9.93. The second kappa shape index (κ2) is 4.77. The first-order valence-corrected chi connectivity index (χ1v) is 5.53. The highest BCUT2D eigenvalue weighted by Gasteiger charge is 2.23. The van der Waals surface area contributed by atoms with Crippen LogP contribution in [0.5, 0.6) is 5.88 Å². The molecule has 5 heteroatoms. The zero-order valence-electron chi connectivity index (χ0n) is 8.40. The molecule has 15 heavy (non-hydrogen) atoms. The Morgan fingerprint density at radius 1 is 1.33 bits per heavy atom. The van der Waals surface area contributed by atoms with Crippen LogP contribution in [-0.2, 0) is 0 Å². The lowest BCUT2D eigenvalue weighted by molar-refractivity contribution is 0.126. The largest absolute Gasteiger partial charge is 0.472 e. The quantitative estimate of drug-likeness (QED) is 0.837. The summed E-state index contributed by atoms with van der Waals surface area (Å²) in [4.78, 5) is 7.94. The number of halogens is 1. The summed E-state index contributed by atoms with van der Waals surface area (Å²) in [6.45, 7) is 0. The molecule has 1 saturated carbocycles. The van der Waals surface area contributed by atoms with Crippen LogP contribution < -0.4 is 10.5 Å². The van der Waals surface area contributed by atoms with Gasteiger partial charge < -0.3 is 10.5 Å². The Bertz CT molecular complexity index is 334. The normalized spacial score (nSPS) is 26.3. The van der Waals surface area contributed by atoms with Crippen LogP contribution in [0, 0.1) is 0 Å². The van der Waals surface area contributed by atoms with Crippen molar-refractivity contribution >= 4 is 11.6 Å². The van der Waals surface area contributed by atoms with E-state index in [0.29, 0.717) is 11.0 Å². The van der Waals surface area contributed by atoms with Gasteiger partial charge in [-0.3, -0.25) is 4.98 Å². The van der Waals surface area contributed by atoms with Gasteiger partial charge in [-0.15, -0.1) is 0 Å². The van der Waals surface area contributed by atoms with E-state index in [9.17, 15) is 0 Å². The summed E-state index contributed by atoms with van der Waals surface area (Å²) in [5, 5.41) is 0.344. The van der Waals surface area contributed by atoms with Crippen LogP contribution in [0.3, 0.4) is 0 Å². The van der Waals surface area contributed by atoms with Gasteiger partial charge in [-0.2, -0.15) is 4.98 Å². The molecule has 82 valence electrons. The molecule has 1 aliphatic rings. The van der Waals surface area contributed by atoms with Crippen LogP contribution in [0.25, 0.3) is 0 Å². The Hall–Kier alpha value is -0.870. The standard InChI is InChI=1S/C10H14ClN3O/c11-9-5-13-6-10(14-9)15-8-4-2-1-3-7(8)12/h5-8H,1-4,12H2. The van der Waals surface area contributed by atoms with Crippen molar-refractivity contribution in [3.63, 3.8) is 0 Å². The van der Waals surface area contributed by atoms with Crippen LogP contribution >= 0.6 is 11.6 Å². The number of hydrogen-bond donors (Lipinski definition) is 1. The Kier molecular flexibility index (Phi) is 3.38. The van der Waals surface area contributed by atoms with E-state index >= 15 is 0 Å². The molecule has 2 rings (SSSR count). The minimum absolute atomic E-state index is 0.0477. The molecule has 0 amide bonds. The predicted molar refractivity (Wildman–Crippen MR) is 57.9 cm³/mol. The molecular weight excluding hydrogens is 214 g/mol. The molecule has 0 spiro atoms. The molecule has 4 nitrogen and oxygen atoms in total. The van der Waals surface area contributed by atoms with Crippen LogP contribution in [0.4, 0.5) is 0 Å². The molecule has 1 aromatic heterocycles. The van der Waals surface area contributed by atoms with Crippen molar-refractivity contribution in [1.29, 1.82) is 0 Å². The smallest absolute Gasteiger partial charge is 0.234 e. The maximum Gasteiger partial charge on any atom is 0.234 e. The molecular formula is C10H14ClN3O. The Labute approximate surface area is 93.8 Å². The SMILES string of the molecule is NC1CCCCC1Oc1cncc(Cl)n1. The van der Waals surface area contributed by atoms with Crippen molar-refractivity contribution in [3.8, 4) is 5.88 Å². The van der Waals surface area contributed by atoms with Gasteiger partial charge in [-0.1, -0.05) is 18.0 Å². The summed E-state index contributed by atoms with van der Waals surface area (Å²) in [5.41, 5.74) is 5.96. The summed E-state index contributed by atoms with van der Waals surface area (Å²) in [5.74, 6) is 0.463. The van der Waals surface area contributed by atoms with Gasteiger partial charge in [0, 0.05) is 6.04 Å². The van der Waals surface area contributed by atoms with Crippen molar-refractivity contribution in [2.75, 3.05) is 0 Å². The molecule has 1 aromatic rings. The number of ether oxygens (including phenoxy) is 1. The fourth-order valence-electron chi connectivity index (χ4n) is 1.81. The Morgan fingerprint density at radius 3 is 2.87 bits per heavy atom. The lowest BCUT2D eigenvalue weighted by Gasteiger charge is -2.28. The van der Waals surface area contributed by atoms with Gasteiger partial charge in [0.05, 0.1) is 12.4 Å². The first-order valence-electron chi connectivity index (χ1n) is 5.15. The second-order valence-corrected chi connectivity index (χ2v) is 4.17. The van der Waals surface area contributed by atoms with E-state index in [2.05, 4.69) is 9.97 Å². The third kappa shape index (κ3) is 2.79. The van der Waals surface area contributed by atoms with E-state index in [4.69, 9.17) is 22.1 Å². The van der Waals surface area contributed by atoms with Gasteiger partial charge in [-0.25, -0.2) is 0 Å². The minimum atomic E-state index is 0.0477. The summed E-state index contributed by atoms with van der Waals surface area (Å²) in [6, 6.07) is 0.0968. The van der Waals surface area contributed by atoms with Crippen molar-refractivity contribution in [2.24, 2.45) is 5.73 Å². The molecule has 2 unspecified atom stereocenters. The molecule has 2 atom stereocenters. The predicted octanol–water partition coefficient (Wildman–Crippen LogP) is 1.78. The van der Waals surface area contributed by atoms with E-state index < -0.39 is 0 Å². The van der Waals surface area contributed by atoms with Crippen LogP contribution in [-0.4, -0.2) is 22.1 Å². The molecule has 2 N–H and O–H groups in total. The van der Waals surface area contributed by atoms with Crippen LogP contribution in [0.15, 0.2) is 12.4 Å². The molecule has 0 bridgehead atoms. The topological polar surface area (TPSA) is 61.0 Å². The summed E-state index contributed by atoms with van der Waals surface area (Å²) in [7, 11) is 0. The zero-order chi connectivity index (χ0) is 10.7. The van der Waals surface area contributed by atoms with E-state index in [1.165, 1.54) is 12.6 Å². The lowest BCUT2D eigenvalue weighted by Crippen LogP contribution is -2.41. The number of hydrogen-bond acceptors (Lipinski definition) is 4. The highest BCUT2D eigenvalue weighted by molar-refractivity contribution is 6.29. The summed E-state index contributed by atoms with van der Waals surface area (Å²) < 4.78 is 5.67. The van der Waals surface area contributed by atoms with Gasteiger partial charge in [0.15, 0.2) is 5.15 Å². The third-order valence-electron chi connectivity index (χ3n) is 2.61. The van der Waals surface area contributed by atoms with Gasteiger partial charge >= 0.3 is 0 Å². The van der Waals surface area contributed by atoms with Crippen molar-refractivity contribution in [1.82, 2.24) is 9.97 Å². The molecule has 1 heterocycles. The van der Waals surface area contributed by atoms with E-state index in [1.807, 2.05) is 0 Å². The Morgan fingerprint density at radius 2 is 2.13 bits per heavy atom. The van der Waals surface area contributed by atoms with Crippen molar-refractivity contribution in [2.45, 2.75) is 37.8 Å². The first kappa shape index (κ1) is 10.6. The average molecular weight is 228 g/mol. The van der Waals surface area contributed by atoms with Gasteiger partial charge in [0.25, 0.3) is 0 Å².